The number of hydrogen-bond acceptors (Lipinski definition) is 7. The van der Waals surface area contributed by atoms with Crippen LogP contribution in [0.5, 0.6) is 0 Å². The van der Waals surface area contributed by atoms with Crippen LogP contribution in [0.25, 0.3) is 0 Å². The molecule has 1 N–H and O–H groups in total. The first-order valence-corrected chi connectivity index (χ1v) is 11.9. The summed E-state index contributed by atoms with van der Waals surface area (Å²) in [7, 11) is 1.88. The minimum atomic E-state index is -0.0423. The Labute approximate surface area is 190 Å². The zero-order valence-corrected chi connectivity index (χ0v) is 19.6. The Balaban J connectivity index is 1.43. The van der Waals surface area contributed by atoms with Crippen molar-refractivity contribution in [3.63, 3.8) is 0 Å². The Morgan fingerprint density at radius 1 is 1.09 bits per heavy atom. The predicted octanol–water partition coefficient (Wildman–Crippen LogP) is 1.10. The number of aromatic nitrogens is 2. The van der Waals surface area contributed by atoms with E-state index in [1.807, 2.05) is 23.8 Å². The van der Waals surface area contributed by atoms with E-state index >= 15 is 0 Å². The Bertz CT molecular complexity index is 816. The number of piperidine rings is 1. The summed E-state index contributed by atoms with van der Waals surface area (Å²) in [4.78, 5) is 40.7. The van der Waals surface area contributed by atoms with Gasteiger partial charge in [0.25, 0.3) is 0 Å². The highest BCUT2D eigenvalue weighted by molar-refractivity contribution is 5.79. The summed E-state index contributed by atoms with van der Waals surface area (Å²) >= 11 is 0. The molecule has 1 aromatic rings. The van der Waals surface area contributed by atoms with Crippen molar-refractivity contribution in [1.29, 1.82) is 0 Å². The first-order chi connectivity index (χ1) is 15.5. The van der Waals surface area contributed by atoms with Crippen LogP contribution in [0.4, 0.5) is 5.82 Å². The van der Waals surface area contributed by atoms with Gasteiger partial charge in [-0.05, 0) is 12.8 Å². The van der Waals surface area contributed by atoms with Gasteiger partial charge in [-0.15, -0.1) is 0 Å². The van der Waals surface area contributed by atoms with Gasteiger partial charge in [-0.1, -0.05) is 6.92 Å². The molecule has 2 saturated heterocycles. The molecule has 4 rings (SSSR count). The Morgan fingerprint density at radius 3 is 2.47 bits per heavy atom. The number of nitrogens with zero attached hydrogens (tertiary/aromatic N) is 5. The highest BCUT2D eigenvalue weighted by atomic mass is 16.5. The van der Waals surface area contributed by atoms with Crippen LogP contribution in [0.3, 0.4) is 0 Å². The third-order valence-corrected chi connectivity index (χ3v) is 6.99. The monoisotopic (exact) mass is 444 g/mol. The minimum absolute atomic E-state index is 0.0423. The van der Waals surface area contributed by atoms with Gasteiger partial charge in [0.1, 0.15) is 11.6 Å². The molecule has 2 amide bonds. The average Bonchev–Trinajstić information content (AvgIpc) is 2.83. The van der Waals surface area contributed by atoms with Gasteiger partial charge in [0, 0.05) is 77.1 Å². The summed E-state index contributed by atoms with van der Waals surface area (Å²) in [6.45, 7) is 10.5. The second-order valence-electron chi connectivity index (χ2n) is 9.21. The molecular weight excluding hydrogens is 408 g/mol. The summed E-state index contributed by atoms with van der Waals surface area (Å²) < 4.78 is 5.42. The maximum Gasteiger partial charge on any atom is 0.227 e. The topological polar surface area (TPSA) is 90.9 Å². The van der Waals surface area contributed by atoms with E-state index in [9.17, 15) is 9.59 Å². The Kier molecular flexibility index (Phi) is 7.25. The number of anilines is 1. The van der Waals surface area contributed by atoms with Crippen molar-refractivity contribution in [2.45, 2.75) is 45.6 Å². The van der Waals surface area contributed by atoms with Gasteiger partial charge in [0.05, 0.1) is 25.5 Å². The number of morpholine rings is 1. The molecule has 2 fully saturated rings. The lowest BCUT2D eigenvalue weighted by Crippen LogP contribution is -2.45. The second-order valence-corrected chi connectivity index (χ2v) is 9.21. The van der Waals surface area contributed by atoms with E-state index in [1.54, 1.807) is 6.92 Å². The van der Waals surface area contributed by atoms with Crippen molar-refractivity contribution < 1.29 is 14.3 Å². The van der Waals surface area contributed by atoms with Crippen LogP contribution in [-0.4, -0.2) is 96.0 Å². The van der Waals surface area contributed by atoms with Crippen molar-refractivity contribution in [2.24, 2.45) is 5.92 Å². The molecular formula is C23H36N6O3. The van der Waals surface area contributed by atoms with E-state index in [0.29, 0.717) is 13.1 Å². The summed E-state index contributed by atoms with van der Waals surface area (Å²) in [5.74, 6) is 2.27. The molecule has 0 aromatic carbocycles. The van der Waals surface area contributed by atoms with Crippen LogP contribution in [0.1, 0.15) is 49.7 Å². The van der Waals surface area contributed by atoms with E-state index in [-0.39, 0.29) is 23.7 Å². The first-order valence-electron chi connectivity index (χ1n) is 11.9. The summed E-state index contributed by atoms with van der Waals surface area (Å²) in [6.07, 6.45) is 2.54. The van der Waals surface area contributed by atoms with Crippen LogP contribution in [0.15, 0.2) is 0 Å². The van der Waals surface area contributed by atoms with Crippen molar-refractivity contribution in [3.8, 4) is 0 Å². The van der Waals surface area contributed by atoms with Gasteiger partial charge in [-0.25, -0.2) is 9.97 Å². The average molecular weight is 445 g/mol. The zero-order chi connectivity index (χ0) is 22.7. The van der Waals surface area contributed by atoms with Crippen LogP contribution >= 0.6 is 0 Å². The fraction of sp³-hybridized carbons (Fsp3) is 0.739. The molecule has 4 heterocycles. The molecule has 0 radical (unpaired) electrons. The standard InChI is InChI=1S/C23H36N6O3/c1-16(14-27-10-12-32-13-11-27)23(31)29-9-6-20-19(15-29)22(24-3)26-21(25-20)18-4-7-28(8-5-18)17(2)30/h16,18H,4-15H2,1-3H3,(H,24,25,26)/t16-/m1/s1. The maximum absolute atomic E-state index is 13.2. The number of likely N-dealkylation sites (tertiary alicyclic amines) is 1. The van der Waals surface area contributed by atoms with E-state index < -0.39 is 0 Å². The van der Waals surface area contributed by atoms with Crippen LogP contribution in [-0.2, 0) is 27.3 Å². The quantitative estimate of drug-likeness (QED) is 0.727. The van der Waals surface area contributed by atoms with Crippen LogP contribution in [0, 0.1) is 5.92 Å². The highest BCUT2D eigenvalue weighted by Crippen LogP contribution is 2.31. The fourth-order valence-corrected chi connectivity index (χ4v) is 5.02. The molecule has 1 aromatic heterocycles. The number of fused-ring (bicyclic) bond motifs is 1. The van der Waals surface area contributed by atoms with Gasteiger partial charge < -0.3 is 19.9 Å². The third-order valence-electron chi connectivity index (χ3n) is 6.99. The van der Waals surface area contributed by atoms with E-state index in [2.05, 4.69) is 10.2 Å². The maximum atomic E-state index is 13.2. The number of amides is 2. The molecule has 1 atom stereocenters. The Morgan fingerprint density at radius 2 is 1.81 bits per heavy atom. The lowest BCUT2D eigenvalue weighted by molar-refractivity contribution is -0.137. The van der Waals surface area contributed by atoms with Gasteiger partial charge in [-0.3, -0.25) is 14.5 Å². The largest absolute Gasteiger partial charge is 0.379 e. The lowest BCUT2D eigenvalue weighted by Gasteiger charge is -2.35. The molecule has 3 aliphatic rings. The summed E-state index contributed by atoms with van der Waals surface area (Å²) in [5, 5.41) is 3.24. The number of hydrogen-bond donors (Lipinski definition) is 1. The summed E-state index contributed by atoms with van der Waals surface area (Å²) in [5.41, 5.74) is 2.09. The normalized spacial score (nSPS) is 21.2. The molecule has 3 aliphatic heterocycles. The van der Waals surface area contributed by atoms with Gasteiger partial charge in [-0.2, -0.15) is 0 Å². The van der Waals surface area contributed by atoms with E-state index in [1.165, 1.54) is 0 Å². The van der Waals surface area contributed by atoms with Gasteiger partial charge >= 0.3 is 0 Å². The number of carbonyl (C=O) groups is 2. The molecule has 0 bridgehead atoms. The van der Waals surface area contributed by atoms with E-state index in [4.69, 9.17) is 14.7 Å². The predicted molar refractivity (Wildman–Crippen MR) is 121 cm³/mol. The second kappa shape index (κ2) is 10.1. The zero-order valence-electron chi connectivity index (χ0n) is 19.6. The SMILES string of the molecule is CNc1nc(C2CCN(C(C)=O)CC2)nc2c1CN(C(=O)[C@H](C)CN1CCOCC1)CC2. The van der Waals surface area contributed by atoms with Crippen molar-refractivity contribution in [3.05, 3.63) is 17.1 Å². The molecule has 9 nitrogen and oxygen atoms in total. The van der Waals surface area contributed by atoms with Gasteiger partial charge in [0.2, 0.25) is 11.8 Å². The van der Waals surface area contributed by atoms with Crippen molar-refractivity contribution in [1.82, 2.24) is 24.7 Å². The molecule has 0 aliphatic carbocycles. The fourth-order valence-electron chi connectivity index (χ4n) is 5.02. The number of rotatable bonds is 5. The highest BCUT2D eigenvalue weighted by Gasteiger charge is 2.31. The van der Waals surface area contributed by atoms with Crippen LogP contribution in [0.2, 0.25) is 0 Å². The third kappa shape index (κ3) is 5.04. The van der Waals surface area contributed by atoms with Gasteiger partial charge in [0.15, 0.2) is 0 Å². The smallest absolute Gasteiger partial charge is 0.227 e. The minimum Gasteiger partial charge on any atom is -0.379 e. The molecule has 32 heavy (non-hydrogen) atoms. The van der Waals surface area contributed by atoms with Crippen molar-refractivity contribution >= 4 is 17.6 Å². The molecule has 0 saturated carbocycles. The van der Waals surface area contributed by atoms with Crippen molar-refractivity contribution in [2.75, 3.05) is 64.8 Å². The molecule has 0 spiro atoms. The number of carbonyl (C=O) groups excluding carboxylic acids is 2. The first kappa shape index (κ1) is 22.9. The van der Waals surface area contributed by atoms with Crippen LogP contribution < -0.4 is 5.32 Å². The Hall–Kier alpha value is -2.26. The summed E-state index contributed by atoms with van der Waals surface area (Å²) in [6, 6.07) is 0. The molecule has 176 valence electrons. The molecule has 9 heteroatoms. The number of nitrogens with one attached hydrogen (secondary N) is 1. The molecule has 0 unspecified atom stereocenters. The number of ether oxygens (including phenoxy) is 1. The van der Waals surface area contributed by atoms with E-state index in [0.717, 1.165) is 88.1 Å². The lowest BCUT2D eigenvalue weighted by atomic mass is 9.95.